The van der Waals surface area contributed by atoms with Crippen molar-refractivity contribution in [2.24, 2.45) is 11.3 Å². The summed E-state index contributed by atoms with van der Waals surface area (Å²) in [7, 11) is 0. The molecule has 6 rings (SSSR count). The van der Waals surface area contributed by atoms with Crippen LogP contribution in [0.4, 0.5) is 5.69 Å². The summed E-state index contributed by atoms with van der Waals surface area (Å²) in [5.74, 6) is -0.941. The summed E-state index contributed by atoms with van der Waals surface area (Å²) in [5, 5.41) is 10.1. The molecule has 0 unspecified atom stereocenters. The summed E-state index contributed by atoms with van der Waals surface area (Å²) in [5.41, 5.74) is 2.96. The SMILES string of the molecule is CC(C)(C)[C@H]1CCc2cc(Cl)cc3c2N1C(=O)[C@@H](CC(=O)N1CCC[C@@H](C(=O)O)C1)O[C@@H]3c1cccc2c1OCCO2. The Morgan fingerprint density at radius 1 is 1.10 bits per heavy atom. The second-order valence-electron chi connectivity index (χ2n) is 12.7. The Hall–Kier alpha value is -3.30. The molecule has 2 aromatic carbocycles. The van der Waals surface area contributed by atoms with Gasteiger partial charge in [-0.15, -0.1) is 0 Å². The first-order valence-electron chi connectivity index (χ1n) is 14.7. The van der Waals surface area contributed by atoms with E-state index in [2.05, 4.69) is 20.8 Å². The van der Waals surface area contributed by atoms with Crippen LogP contribution in [0.25, 0.3) is 0 Å². The van der Waals surface area contributed by atoms with Gasteiger partial charge in [0.2, 0.25) is 5.91 Å². The van der Waals surface area contributed by atoms with E-state index in [0.717, 1.165) is 29.7 Å². The number of hydrogen-bond acceptors (Lipinski definition) is 6. The maximum Gasteiger partial charge on any atom is 0.308 e. The highest BCUT2D eigenvalue weighted by molar-refractivity contribution is 6.31. The molecule has 0 saturated carbocycles. The van der Waals surface area contributed by atoms with Crippen LogP contribution in [-0.4, -0.2) is 66.2 Å². The van der Waals surface area contributed by atoms with Gasteiger partial charge in [0.05, 0.1) is 18.0 Å². The molecule has 4 heterocycles. The van der Waals surface area contributed by atoms with Gasteiger partial charge in [0.1, 0.15) is 25.4 Å². The van der Waals surface area contributed by atoms with Gasteiger partial charge in [0, 0.05) is 35.3 Å². The molecule has 4 aliphatic rings. The number of fused-ring (bicyclic) bond motifs is 1. The quantitative estimate of drug-likeness (QED) is 0.529. The molecule has 0 aromatic heterocycles. The van der Waals surface area contributed by atoms with Crippen molar-refractivity contribution >= 4 is 35.1 Å². The Bertz CT molecular complexity index is 1420. The number of carboxylic acid groups (broad SMARTS) is 1. The number of hydrogen-bond donors (Lipinski definition) is 1. The van der Waals surface area contributed by atoms with E-state index in [1.165, 1.54) is 0 Å². The van der Waals surface area contributed by atoms with E-state index in [0.29, 0.717) is 54.7 Å². The summed E-state index contributed by atoms with van der Waals surface area (Å²) in [6.07, 6.45) is 0.575. The highest BCUT2D eigenvalue weighted by atomic mass is 35.5. The molecule has 1 saturated heterocycles. The Kier molecular flexibility index (Phi) is 7.60. The van der Waals surface area contributed by atoms with Crippen LogP contribution >= 0.6 is 11.6 Å². The van der Waals surface area contributed by atoms with Gasteiger partial charge in [-0.2, -0.15) is 0 Å². The Morgan fingerprint density at radius 2 is 1.88 bits per heavy atom. The molecule has 0 bridgehead atoms. The van der Waals surface area contributed by atoms with Crippen LogP contribution in [0.1, 0.15) is 69.2 Å². The number of nitrogens with zero attached hydrogens (tertiary/aromatic N) is 2. The number of amides is 2. The minimum absolute atomic E-state index is 0.129. The van der Waals surface area contributed by atoms with Crippen molar-refractivity contribution in [1.82, 2.24) is 4.90 Å². The molecule has 10 heteroatoms. The van der Waals surface area contributed by atoms with Crippen LogP contribution < -0.4 is 14.4 Å². The number of aliphatic carboxylic acids is 1. The van der Waals surface area contributed by atoms with Crippen molar-refractivity contribution in [2.45, 2.75) is 71.1 Å². The van der Waals surface area contributed by atoms with Gasteiger partial charge >= 0.3 is 5.97 Å². The van der Waals surface area contributed by atoms with Gasteiger partial charge in [-0.3, -0.25) is 14.4 Å². The highest BCUT2D eigenvalue weighted by Crippen LogP contribution is 2.50. The van der Waals surface area contributed by atoms with Gasteiger partial charge in [-0.05, 0) is 54.9 Å². The first kappa shape index (κ1) is 28.8. The van der Waals surface area contributed by atoms with Crippen LogP contribution in [0.5, 0.6) is 11.5 Å². The normalized spacial score (nSPS) is 25.5. The summed E-state index contributed by atoms with van der Waals surface area (Å²) in [6, 6.07) is 9.24. The predicted octanol–water partition coefficient (Wildman–Crippen LogP) is 5.01. The van der Waals surface area contributed by atoms with Crippen molar-refractivity contribution in [3.05, 3.63) is 52.0 Å². The van der Waals surface area contributed by atoms with E-state index in [-0.39, 0.29) is 36.2 Å². The van der Waals surface area contributed by atoms with Crippen LogP contribution in [0.3, 0.4) is 0 Å². The smallest absolute Gasteiger partial charge is 0.308 e. The number of carboxylic acids is 1. The second kappa shape index (κ2) is 11.1. The lowest BCUT2D eigenvalue weighted by molar-refractivity contribution is -0.149. The number of ether oxygens (including phenoxy) is 3. The minimum atomic E-state index is -1.10. The molecule has 2 amide bonds. The minimum Gasteiger partial charge on any atom is -0.486 e. The van der Waals surface area contributed by atoms with Crippen molar-refractivity contribution in [2.75, 3.05) is 31.2 Å². The molecule has 1 N–H and O–H groups in total. The van der Waals surface area contributed by atoms with Crippen molar-refractivity contribution in [3.63, 3.8) is 0 Å². The number of piperidine rings is 1. The highest BCUT2D eigenvalue weighted by Gasteiger charge is 2.47. The van der Waals surface area contributed by atoms with Gasteiger partial charge in [0.25, 0.3) is 5.91 Å². The third-order valence-corrected chi connectivity index (χ3v) is 9.10. The average Bonchev–Trinajstić information content (AvgIpc) is 3.07. The van der Waals surface area contributed by atoms with Crippen molar-refractivity contribution in [3.8, 4) is 11.5 Å². The van der Waals surface area contributed by atoms with Crippen LogP contribution in [0.15, 0.2) is 30.3 Å². The molecule has 4 atom stereocenters. The van der Waals surface area contributed by atoms with Crippen LogP contribution in [0.2, 0.25) is 5.02 Å². The third-order valence-electron chi connectivity index (χ3n) is 8.88. The zero-order valence-corrected chi connectivity index (χ0v) is 25.0. The number of carbonyl (C=O) groups excluding carboxylic acids is 2. The molecule has 0 spiro atoms. The molecule has 9 nitrogen and oxygen atoms in total. The first-order chi connectivity index (χ1) is 20.0. The van der Waals surface area contributed by atoms with Gasteiger partial charge in [0.15, 0.2) is 11.5 Å². The largest absolute Gasteiger partial charge is 0.486 e. The van der Waals surface area contributed by atoms with Crippen molar-refractivity contribution in [1.29, 1.82) is 0 Å². The van der Waals surface area contributed by atoms with Gasteiger partial charge < -0.3 is 29.1 Å². The maximum absolute atomic E-state index is 14.6. The number of aryl methyl sites for hydroxylation is 1. The zero-order chi connectivity index (χ0) is 29.8. The summed E-state index contributed by atoms with van der Waals surface area (Å²) < 4.78 is 18.7. The molecule has 2 aromatic rings. The van der Waals surface area contributed by atoms with Gasteiger partial charge in [-0.25, -0.2) is 0 Å². The molecular formula is C32H37ClN2O7. The Labute approximate surface area is 250 Å². The standard InChI is InChI=1S/C32H37ClN2O7/c1-32(2,3)25-10-9-18-14-20(33)15-22-27(18)35(25)30(37)24(16-26(36)34-11-5-6-19(17-34)31(38)39)42-28(22)21-7-4-8-23-29(21)41-13-12-40-23/h4,7-8,14-15,19,24-25,28H,5-6,9-13,16-17H2,1-3H3,(H,38,39)/t19-,24-,25-,28-/m1/s1. The second-order valence-corrected chi connectivity index (χ2v) is 13.2. The lowest BCUT2D eigenvalue weighted by Crippen LogP contribution is -2.54. The van der Waals surface area contributed by atoms with Crippen molar-refractivity contribution < 1.29 is 33.7 Å². The lowest BCUT2D eigenvalue weighted by Gasteiger charge is -2.45. The topological polar surface area (TPSA) is 106 Å². The molecule has 0 radical (unpaired) electrons. The van der Waals surface area contributed by atoms with E-state index < -0.39 is 24.1 Å². The summed E-state index contributed by atoms with van der Waals surface area (Å²) in [4.78, 5) is 43.3. The molecule has 4 aliphatic heterocycles. The summed E-state index contributed by atoms with van der Waals surface area (Å²) >= 11 is 6.68. The summed E-state index contributed by atoms with van der Waals surface area (Å²) in [6.45, 7) is 7.75. The number of carbonyl (C=O) groups is 3. The van der Waals surface area contributed by atoms with E-state index in [1.54, 1.807) is 4.90 Å². The number of halogens is 1. The lowest BCUT2D eigenvalue weighted by atomic mass is 9.78. The van der Waals surface area contributed by atoms with Crippen LogP contribution in [-0.2, 0) is 25.5 Å². The van der Waals surface area contributed by atoms with E-state index in [4.69, 9.17) is 25.8 Å². The number of rotatable bonds is 4. The van der Waals surface area contributed by atoms with Gasteiger partial charge in [-0.1, -0.05) is 44.5 Å². The number of benzene rings is 2. The maximum atomic E-state index is 14.6. The number of para-hydroxylation sites is 1. The fourth-order valence-electron chi connectivity index (χ4n) is 6.85. The van der Waals surface area contributed by atoms with E-state index >= 15 is 0 Å². The number of anilines is 1. The fraction of sp³-hybridized carbons (Fsp3) is 0.531. The fourth-order valence-corrected chi connectivity index (χ4v) is 7.10. The molecule has 42 heavy (non-hydrogen) atoms. The number of likely N-dealkylation sites (tertiary alicyclic amines) is 1. The molecule has 0 aliphatic carbocycles. The van der Waals surface area contributed by atoms with E-state index in [9.17, 15) is 19.5 Å². The third kappa shape index (κ3) is 5.22. The molecule has 224 valence electrons. The molecule has 1 fully saturated rings. The Morgan fingerprint density at radius 3 is 2.64 bits per heavy atom. The average molecular weight is 597 g/mol. The van der Waals surface area contributed by atoms with E-state index in [1.807, 2.05) is 35.2 Å². The van der Waals surface area contributed by atoms with Crippen LogP contribution in [0, 0.1) is 11.3 Å². The predicted molar refractivity (Wildman–Crippen MR) is 156 cm³/mol. The first-order valence-corrected chi connectivity index (χ1v) is 15.1. The molecular weight excluding hydrogens is 560 g/mol. The monoisotopic (exact) mass is 596 g/mol. The zero-order valence-electron chi connectivity index (χ0n) is 24.2. The Balaban J connectivity index is 1.46.